The standard InChI is InChI=1S/C12H11BrFN3O/c1-8(17-6-2-5-15-17)12(18)16-11-4-3-9(14)7-10(11)13/h2-8H,1H3,(H,16,18). The Hall–Kier alpha value is -1.69. The lowest BCUT2D eigenvalue weighted by molar-refractivity contribution is -0.119. The van der Waals surface area contributed by atoms with Crippen molar-refractivity contribution >= 4 is 27.5 Å². The van der Waals surface area contributed by atoms with Gasteiger partial charge in [0.2, 0.25) is 5.91 Å². The molecule has 0 aliphatic rings. The molecule has 1 aromatic heterocycles. The molecule has 0 saturated heterocycles. The third-order valence-corrected chi connectivity index (χ3v) is 3.15. The second-order valence-corrected chi connectivity index (χ2v) is 4.63. The summed E-state index contributed by atoms with van der Waals surface area (Å²) < 4.78 is 15.0. The van der Waals surface area contributed by atoms with Gasteiger partial charge in [0, 0.05) is 16.9 Å². The summed E-state index contributed by atoms with van der Waals surface area (Å²) in [5.74, 6) is -0.578. The number of hydrogen-bond acceptors (Lipinski definition) is 2. The Morgan fingerprint density at radius 1 is 1.56 bits per heavy atom. The molecule has 1 N–H and O–H groups in total. The van der Waals surface area contributed by atoms with Crippen molar-refractivity contribution in [3.63, 3.8) is 0 Å². The monoisotopic (exact) mass is 311 g/mol. The Morgan fingerprint density at radius 3 is 2.94 bits per heavy atom. The molecule has 0 fully saturated rings. The number of nitrogens with zero attached hydrogens (tertiary/aromatic N) is 2. The Bertz CT molecular complexity index is 556. The van der Waals surface area contributed by atoms with Gasteiger partial charge in [-0.05, 0) is 47.1 Å². The van der Waals surface area contributed by atoms with Gasteiger partial charge in [-0.2, -0.15) is 5.10 Å². The van der Waals surface area contributed by atoms with E-state index in [9.17, 15) is 9.18 Å². The van der Waals surface area contributed by atoms with E-state index in [1.165, 1.54) is 18.2 Å². The minimum Gasteiger partial charge on any atom is -0.323 e. The lowest BCUT2D eigenvalue weighted by Crippen LogP contribution is -2.24. The van der Waals surface area contributed by atoms with E-state index in [2.05, 4.69) is 26.3 Å². The van der Waals surface area contributed by atoms with E-state index < -0.39 is 6.04 Å². The summed E-state index contributed by atoms with van der Waals surface area (Å²) >= 11 is 3.20. The Balaban J connectivity index is 2.12. The van der Waals surface area contributed by atoms with Gasteiger partial charge >= 0.3 is 0 Å². The molecule has 18 heavy (non-hydrogen) atoms. The van der Waals surface area contributed by atoms with Crippen LogP contribution in [0.1, 0.15) is 13.0 Å². The highest BCUT2D eigenvalue weighted by Crippen LogP contribution is 2.23. The van der Waals surface area contributed by atoms with Crippen LogP contribution in [0.4, 0.5) is 10.1 Å². The Labute approximate surface area is 112 Å². The Morgan fingerprint density at radius 2 is 2.33 bits per heavy atom. The van der Waals surface area contributed by atoms with Crippen LogP contribution >= 0.6 is 15.9 Å². The lowest BCUT2D eigenvalue weighted by atomic mass is 10.2. The van der Waals surface area contributed by atoms with E-state index in [0.29, 0.717) is 10.2 Å². The maximum absolute atomic E-state index is 12.9. The summed E-state index contributed by atoms with van der Waals surface area (Å²) in [5, 5.41) is 6.71. The van der Waals surface area contributed by atoms with Crippen molar-refractivity contribution in [2.24, 2.45) is 0 Å². The maximum Gasteiger partial charge on any atom is 0.248 e. The highest BCUT2D eigenvalue weighted by atomic mass is 79.9. The van der Waals surface area contributed by atoms with Gasteiger partial charge in [-0.3, -0.25) is 9.48 Å². The molecule has 1 aromatic carbocycles. The average molecular weight is 312 g/mol. The molecule has 2 rings (SSSR count). The van der Waals surface area contributed by atoms with Gasteiger partial charge < -0.3 is 5.32 Å². The zero-order chi connectivity index (χ0) is 13.1. The summed E-state index contributed by atoms with van der Waals surface area (Å²) in [6.45, 7) is 1.74. The van der Waals surface area contributed by atoms with E-state index >= 15 is 0 Å². The fourth-order valence-corrected chi connectivity index (χ4v) is 1.91. The molecule has 0 aliphatic heterocycles. The van der Waals surface area contributed by atoms with Crippen LogP contribution in [0, 0.1) is 5.82 Å². The van der Waals surface area contributed by atoms with Gasteiger partial charge in [0.25, 0.3) is 0 Å². The molecular formula is C12H11BrFN3O. The quantitative estimate of drug-likeness (QED) is 0.947. The summed E-state index contributed by atoms with van der Waals surface area (Å²) in [5.41, 5.74) is 0.528. The van der Waals surface area contributed by atoms with Crippen molar-refractivity contribution < 1.29 is 9.18 Å². The van der Waals surface area contributed by atoms with Crippen molar-refractivity contribution in [2.75, 3.05) is 5.32 Å². The molecule has 4 nitrogen and oxygen atoms in total. The largest absolute Gasteiger partial charge is 0.323 e. The number of carbonyl (C=O) groups excluding carboxylic acids is 1. The molecule has 0 bridgehead atoms. The van der Waals surface area contributed by atoms with Crippen molar-refractivity contribution in [3.8, 4) is 0 Å². The van der Waals surface area contributed by atoms with E-state index in [-0.39, 0.29) is 11.7 Å². The fourth-order valence-electron chi connectivity index (χ4n) is 1.46. The fraction of sp³-hybridized carbons (Fsp3) is 0.167. The number of halogens is 2. The highest BCUT2D eigenvalue weighted by molar-refractivity contribution is 9.10. The van der Waals surface area contributed by atoms with Crippen LogP contribution in [0.3, 0.4) is 0 Å². The first kappa shape index (κ1) is 12.8. The van der Waals surface area contributed by atoms with E-state index in [0.717, 1.165) is 0 Å². The Kier molecular flexibility index (Phi) is 3.76. The lowest BCUT2D eigenvalue weighted by Gasteiger charge is -2.13. The minimum absolute atomic E-state index is 0.217. The zero-order valence-electron chi connectivity index (χ0n) is 9.60. The van der Waals surface area contributed by atoms with Crippen LogP contribution in [0.25, 0.3) is 0 Å². The molecule has 1 unspecified atom stereocenters. The van der Waals surface area contributed by atoms with Crippen LogP contribution in [0.5, 0.6) is 0 Å². The van der Waals surface area contributed by atoms with Crippen molar-refractivity contribution in [2.45, 2.75) is 13.0 Å². The maximum atomic E-state index is 12.9. The number of hydrogen-bond donors (Lipinski definition) is 1. The molecule has 0 radical (unpaired) electrons. The summed E-state index contributed by atoms with van der Waals surface area (Å²) in [4.78, 5) is 12.0. The zero-order valence-corrected chi connectivity index (χ0v) is 11.2. The number of anilines is 1. The first-order valence-electron chi connectivity index (χ1n) is 5.33. The van der Waals surface area contributed by atoms with Crippen LogP contribution < -0.4 is 5.32 Å². The molecule has 1 heterocycles. The normalized spacial score (nSPS) is 12.2. The third kappa shape index (κ3) is 2.76. The first-order chi connectivity index (χ1) is 8.58. The summed E-state index contributed by atoms with van der Waals surface area (Å²) in [7, 11) is 0. The average Bonchev–Trinajstić information content (AvgIpc) is 2.85. The first-order valence-corrected chi connectivity index (χ1v) is 6.12. The molecule has 94 valence electrons. The number of rotatable bonds is 3. The number of carbonyl (C=O) groups is 1. The second kappa shape index (κ2) is 5.30. The summed E-state index contributed by atoms with van der Waals surface area (Å²) in [6, 6.07) is 5.41. The van der Waals surface area contributed by atoms with Crippen LogP contribution in [-0.4, -0.2) is 15.7 Å². The molecule has 1 atom stereocenters. The van der Waals surface area contributed by atoms with Gasteiger partial charge in [-0.25, -0.2) is 4.39 Å². The summed E-state index contributed by atoms with van der Waals surface area (Å²) in [6.07, 6.45) is 3.32. The number of aromatic nitrogens is 2. The van der Waals surface area contributed by atoms with E-state index in [4.69, 9.17) is 0 Å². The van der Waals surface area contributed by atoms with Crippen LogP contribution in [-0.2, 0) is 4.79 Å². The van der Waals surface area contributed by atoms with Crippen LogP contribution in [0.15, 0.2) is 41.1 Å². The van der Waals surface area contributed by atoms with Crippen molar-refractivity contribution in [3.05, 3.63) is 46.9 Å². The minimum atomic E-state index is -0.433. The van der Waals surface area contributed by atoms with E-state index in [1.54, 1.807) is 30.1 Å². The van der Waals surface area contributed by atoms with Gasteiger partial charge in [-0.1, -0.05) is 0 Å². The van der Waals surface area contributed by atoms with Crippen molar-refractivity contribution in [1.29, 1.82) is 0 Å². The predicted octanol–water partition coefficient (Wildman–Crippen LogP) is 2.98. The van der Waals surface area contributed by atoms with E-state index in [1.807, 2.05) is 0 Å². The molecular weight excluding hydrogens is 301 g/mol. The number of nitrogens with one attached hydrogen (secondary N) is 1. The molecule has 2 aromatic rings. The van der Waals surface area contributed by atoms with Gasteiger partial charge in [-0.15, -0.1) is 0 Å². The molecule has 0 aliphatic carbocycles. The molecule has 0 saturated carbocycles. The van der Waals surface area contributed by atoms with Gasteiger partial charge in [0.15, 0.2) is 0 Å². The third-order valence-electron chi connectivity index (χ3n) is 2.49. The predicted molar refractivity (Wildman–Crippen MR) is 69.7 cm³/mol. The number of benzene rings is 1. The SMILES string of the molecule is CC(C(=O)Nc1ccc(F)cc1Br)n1cccn1. The molecule has 0 spiro atoms. The molecule has 1 amide bonds. The van der Waals surface area contributed by atoms with Gasteiger partial charge in [0.1, 0.15) is 11.9 Å². The van der Waals surface area contributed by atoms with Crippen molar-refractivity contribution in [1.82, 2.24) is 9.78 Å². The highest BCUT2D eigenvalue weighted by Gasteiger charge is 2.16. The van der Waals surface area contributed by atoms with Crippen LogP contribution in [0.2, 0.25) is 0 Å². The van der Waals surface area contributed by atoms with Gasteiger partial charge in [0.05, 0.1) is 5.69 Å². The molecule has 6 heteroatoms. The second-order valence-electron chi connectivity index (χ2n) is 3.78. The number of amides is 1. The topological polar surface area (TPSA) is 46.9 Å². The smallest absolute Gasteiger partial charge is 0.248 e.